The Labute approximate surface area is 244 Å². The second kappa shape index (κ2) is 14.7. The average molecular weight is 658 g/mol. The lowest BCUT2D eigenvalue weighted by Gasteiger charge is -2.22. The van der Waals surface area contributed by atoms with Gasteiger partial charge in [0.1, 0.15) is 17.7 Å². The van der Waals surface area contributed by atoms with E-state index in [9.17, 15) is 22.8 Å². The van der Waals surface area contributed by atoms with Gasteiger partial charge in [0, 0.05) is 27.4 Å². The normalized spacial score (nSPS) is 11.2. The number of carbonyl (C=O) groups excluding carboxylic acids is 2. The van der Waals surface area contributed by atoms with Crippen LogP contribution in [0.2, 0.25) is 0 Å². The van der Waals surface area contributed by atoms with Crippen LogP contribution in [0, 0.1) is 11.2 Å². The van der Waals surface area contributed by atoms with Crippen molar-refractivity contribution in [2.45, 2.75) is 12.2 Å². The number of aliphatic carboxylic acids is 1. The van der Waals surface area contributed by atoms with Crippen molar-refractivity contribution in [3.63, 3.8) is 0 Å². The number of rotatable bonds is 8. The number of nitrogen functional groups attached to an aromatic ring is 1. The number of ether oxygens (including phenoxy) is 2. The zero-order valence-electron chi connectivity index (χ0n) is 21.8. The molecular formula is C26H24BrF4N5O6. The summed E-state index contributed by atoms with van der Waals surface area (Å²) in [4.78, 5) is 34.6. The smallest absolute Gasteiger partial charge is 0.490 e. The first kappa shape index (κ1) is 33.3. The molecule has 0 fully saturated rings. The maximum Gasteiger partial charge on any atom is 0.490 e. The monoisotopic (exact) mass is 657 g/mol. The molecule has 0 aliphatic heterocycles. The number of hydrogen-bond donors (Lipinski definition) is 6. The van der Waals surface area contributed by atoms with Gasteiger partial charge in [-0.2, -0.15) is 13.2 Å². The van der Waals surface area contributed by atoms with E-state index in [2.05, 4.69) is 32.1 Å². The molecular weight excluding hydrogens is 634 g/mol. The van der Waals surface area contributed by atoms with Gasteiger partial charge >= 0.3 is 12.1 Å². The summed E-state index contributed by atoms with van der Waals surface area (Å²) in [6.45, 7) is 0. The maximum absolute atomic E-state index is 15.1. The highest BCUT2D eigenvalue weighted by Gasteiger charge is 2.38. The Morgan fingerprint density at radius 2 is 1.52 bits per heavy atom. The third kappa shape index (κ3) is 9.09. The lowest BCUT2D eigenvalue weighted by atomic mass is 10.0. The Morgan fingerprint density at radius 3 is 2.02 bits per heavy atom. The highest BCUT2D eigenvalue weighted by molar-refractivity contribution is 9.10. The molecule has 3 aromatic rings. The standard InChI is InChI=1S/C24H23BrFN5O4.C2HF3O2/c1-34-19-11-16(18(26)12-20(19)35-2)21(29-14-9-7-13(8-10-14)22(27)28)24(33)31-30-23(32)15-5-3-4-6-17(15)25;3-2(4,5)1(6)7/h3-12,21,29H,1-2H3,(H3,27,28)(H,30,32)(H,31,33);(H,6,7). The van der Waals surface area contributed by atoms with Crippen LogP contribution in [0.5, 0.6) is 11.5 Å². The van der Waals surface area contributed by atoms with Crippen LogP contribution in [-0.4, -0.2) is 49.1 Å². The molecule has 0 saturated carbocycles. The van der Waals surface area contributed by atoms with Gasteiger partial charge in [0.2, 0.25) is 0 Å². The number of benzene rings is 3. The van der Waals surface area contributed by atoms with Crippen LogP contribution >= 0.6 is 15.9 Å². The topological polar surface area (TPSA) is 176 Å². The SMILES string of the molecule is COc1cc(F)c(C(Nc2ccc(C(=N)N)cc2)C(=O)NNC(=O)c2ccccc2Br)cc1OC.O=C(O)C(F)(F)F. The Bertz CT molecular complexity index is 1450. The van der Waals surface area contributed by atoms with Gasteiger partial charge in [-0.05, 0) is 58.4 Å². The summed E-state index contributed by atoms with van der Waals surface area (Å²) in [5, 5.41) is 17.6. The minimum atomic E-state index is -5.08. The lowest BCUT2D eigenvalue weighted by molar-refractivity contribution is -0.192. The summed E-state index contributed by atoms with van der Waals surface area (Å²) < 4.78 is 57.7. The van der Waals surface area contributed by atoms with Crippen LogP contribution < -0.4 is 31.4 Å². The molecule has 0 heterocycles. The van der Waals surface area contributed by atoms with Crippen molar-refractivity contribution < 1.29 is 46.5 Å². The van der Waals surface area contributed by atoms with Crippen molar-refractivity contribution in [2.75, 3.05) is 19.5 Å². The summed E-state index contributed by atoms with van der Waals surface area (Å²) in [5.41, 5.74) is 11.3. The first-order valence-electron chi connectivity index (χ1n) is 11.5. The van der Waals surface area contributed by atoms with Crippen molar-refractivity contribution >= 4 is 45.2 Å². The number of carbonyl (C=O) groups is 3. The Morgan fingerprint density at radius 1 is 0.976 bits per heavy atom. The van der Waals surface area contributed by atoms with Crippen LogP contribution in [0.4, 0.5) is 23.2 Å². The highest BCUT2D eigenvalue weighted by Crippen LogP contribution is 2.34. The third-order valence-electron chi connectivity index (χ3n) is 5.24. The second-order valence-corrected chi connectivity index (χ2v) is 8.88. The van der Waals surface area contributed by atoms with Gasteiger partial charge in [-0.25, -0.2) is 9.18 Å². The van der Waals surface area contributed by atoms with Crippen molar-refractivity contribution in [3.05, 3.63) is 87.6 Å². The van der Waals surface area contributed by atoms with Crippen molar-refractivity contribution in [2.24, 2.45) is 5.73 Å². The minimum absolute atomic E-state index is 0.0501. The predicted octanol–water partition coefficient (Wildman–Crippen LogP) is 4.14. The number of hydrazine groups is 1. The van der Waals surface area contributed by atoms with Gasteiger partial charge < -0.3 is 25.6 Å². The summed E-state index contributed by atoms with van der Waals surface area (Å²) in [5.74, 6) is -4.55. The molecule has 2 amide bonds. The Hall–Kier alpha value is -4.86. The van der Waals surface area contributed by atoms with E-state index in [4.69, 9.17) is 30.5 Å². The van der Waals surface area contributed by atoms with Gasteiger partial charge in [-0.3, -0.25) is 25.8 Å². The van der Waals surface area contributed by atoms with E-state index in [0.717, 1.165) is 6.07 Å². The molecule has 1 unspecified atom stereocenters. The van der Waals surface area contributed by atoms with Gasteiger partial charge in [0.15, 0.2) is 11.5 Å². The van der Waals surface area contributed by atoms with Gasteiger partial charge in [-0.15, -0.1) is 0 Å². The van der Waals surface area contributed by atoms with Gasteiger partial charge in [0.25, 0.3) is 11.8 Å². The van der Waals surface area contributed by atoms with Crippen molar-refractivity contribution in [1.82, 2.24) is 10.9 Å². The summed E-state index contributed by atoms with van der Waals surface area (Å²) in [7, 11) is 2.76. The summed E-state index contributed by atoms with van der Waals surface area (Å²) in [6.07, 6.45) is -5.08. The first-order chi connectivity index (χ1) is 19.7. The zero-order chi connectivity index (χ0) is 31.6. The molecule has 0 aliphatic rings. The van der Waals surface area contributed by atoms with E-state index < -0.39 is 35.8 Å². The first-order valence-corrected chi connectivity index (χ1v) is 12.3. The van der Waals surface area contributed by atoms with Crippen LogP contribution in [0.25, 0.3) is 0 Å². The molecule has 3 rings (SSSR count). The number of amides is 2. The fourth-order valence-electron chi connectivity index (χ4n) is 3.19. The van der Waals surface area contributed by atoms with Crippen LogP contribution in [0.3, 0.4) is 0 Å². The number of nitrogens with two attached hydrogens (primary N) is 1. The third-order valence-corrected chi connectivity index (χ3v) is 5.93. The molecule has 0 radical (unpaired) electrons. The summed E-state index contributed by atoms with van der Waals surface area (Å²) >= 11 is 3.28. The fraction of sp³-hybridized carbons (Fsp3) is 0.154. The number of halogens is 5. The van der Waals surface area contributed by atoms with Crippen molar-refractivity contribution in [1.29, 1.82) is 5.41 Å². The van der Waals surface area contributed by atoms with Crippen molar-refractivity contribution in [3.8, 4) is 11.5 Å². The molecule has 16 heteroatoms. The quantitative estimate of drug-likeness (QED) is 0.0906. The number of hydrogen-bond acceptors (Lipinski definition) is 7. The second-order valence-electron chi connectivity index (χ2n) is 8.02. The lowest BCUT2D eigenvalue weighted by Crippen LogP contribution is -2.45. The largest absolute Gasteiger partial charge is 0.493 e. The Balaban J connectivity index is 0.000000782. The van der Waals surface area contributed by atoms with E-state index in [1.807, 2.05) is 0 Å². The molecule has 3 aromatic carbocycles. The predicted molar refractivity (Wildman–Crippen MR) is 147 cm³/mol. The molecule has 0 aliphatic carbocycles. The number of anilines is 1. The van der Waals surface area contributed by atoms with Crippen LogP contribution in [0.15, 0.2) is 65.1 Å². The van der Waals surface area contributed by atoms with Crippen LogP contribution in [0.1, 0.15) is 27.5 Å². The number of amidine groups is 1. The fourth-order valence-corrected chi connectivity index (χ4v) is 3.66. The van der Waals surface area contributed by atoms with E-state index in [0.29, 0.717) is 21.3 Å². The number of methoxy groups -OCH3 is 2. The van der Waals surface area contributed by atoms with Crippen LogP contribution in [-0.2, 0) is 9.59 Å². The molecule has 7 N–H and O–H groups in total. The summed E-state index contributed by atoms with van der Waals surface area (Å²) in [6, 6.07) is 14.2. The number of carboxylic acids is 1. The minimum Gasteiger partial charge on any atom is -0.493 e. The van der Waals surface area contributed by atoms with E-state index >= 15 is 4.39 Å². The van der Waals surface area contributed by atoms with E-state index in [1.165, 1.54) is 20.3 Å². The number of alkyl halides is 3. The van der Waals surface area contributed by atoms with E-state index in [1.54, 1.807) is 48.5 Å². The molecule has 1 atom stereocenters. The van der Waals surface area contributed by atoms with Gasteiger partial charge in [0.05, 0.1) is 19.8 Å². The van der Waals surface area contributed by atoms with Gasteiger partial charge in [-0.1, -0.05) is 12.1 Å². The molecule has 11 nitrogen and oxygen atoms in total. The molecule has 42 heavy (non-hydrogen) atoms. The molecule has 224 valence electrons. The molecule has 0 aromatic heterocycles. The highest BCUT2D eigenvalue weighted by atomic mass is 79.9. The Kier molecular flexibility index (Phi) is 11.7. The zero-order valence-corrected chi connectivity index (χ0v) is 23.4. The molecule has 0 saturated heterocycles. The molecule has 0 spiro atoms. The average Bonchev–Trinajstić information content (AvgIpc) is 2.94. The molecule has 0 bridgehead atoms. The van der Waals surface area contributed by atoms with E-state index in [-0.39, 0.29) is 22.9 Å². The number of nitrogens with one attached hydrogen (secondary N) is 4. The maximum atomic E-state index is 15.1. The number of carboxylic acid groups (broad SMARTS) is 1.